The summed E-state index contributed by atoms with van der Waals surface area (Å²) in [4.78, 5) is 2.23. The highest BCUT2D eigenvalue weighted by Crippen LogP contribution is 2.37. The zero-order valence-corrected chi connectivity index (χ0v) is 12.4. The van der Waals surface area contributed by atoms with Crippen LogP contribution in [0.1, 0.15) is 12.0 Å². The Bertz CT molecular complexity index is 678. The van der Waals surface area contributed by atoms with Gasteiger partial charge in [-0.15, -0.1) is 0 Å². The lowest BCUT2D eigenvalue weighted by molar-refractivity contribution is 0.322. The third-order valence-corrected chi connectivity index (χ3v) is 3.98. The molecule has 0 fully saturated rings. The Morgan fingerprint density at radius 3 is 2.85 bits per heavy atom. The summed E-state index contributed by atoms with van der Waals surface area (Å²) in [6.07, 6.45) is 0.965. The molecular weight excluding hydrogens is 316 g/mol. The third kappa shape index (κ3) is 2.37. The topological polar surface area (TPSA) is 36.3 Å². The standard InChI is InChI=1S/C16H13BrN2O/c17-14-10-13(7-6-12(14)11-18)19-8-3-9-20-16-5-2-1-4-15(16)19/h1-2,4-7,10H,3,8-9H2. The van der Waals surface area contributed by atoms with Crippen molar-refractivity contribution >= 4 is 27.3 Å². The second kappa shape index (κ2) is 5.56. The Labute approximate surface area is 126 Å². The maximum atomic E-state index is 9.01. The first kappa shape index (κ1) is 13.0. The molecule has 0 unspecified atom stereocenters. The van der Waals surface area contributed by atoms with Crippen LogP contribution >= 0.6 is 15.9 Å². The molecule has 1 aliphatic heterocycles. The van der Waals surface area contributed by atoms with Gasteiger partial charge in [0.2, 0.25) is 0 Å². The minimum atomic E-state index is 0.646. The van der Waals surface area contributed by atoms with Crippen LogP contribution in [0.4, 0.5) is 11.4 Å². The van der Waals surface area contributed by atoms with Gasteiger partial charge in [0.05, 0.1) is 17.9 Å². The normalized spacial score (nSPS) is 13.9. The van der Waals surface area contributed by atoms with Gasteiger partial charge in [0, 0.05) is 16.7 Å². The molecule has 1 aliphatic rings. The Balaban J connectivity index is 2.06. The summed E-state index contributed by atoms with van der Waals surface area (Å²) in [5, 5.41) is 9.01. The van der Waals surface area contributed by atoms with Crippen molar-refractivity contribution in [1.29, 1.82) is 5.26 Å². The van der Waals surface area contributed by atoms with Gasteiger partial charge in [-0.05, 0) is 52.7 Å². The highest BCUT2D eigenvalue weighted by Gasteiger charge is 2.18. The lowest BCUT2D eigenvalue weighted by atomic mass is 10.2. The molecule has 0 atom stereocenters. The predicted octanol–water partition coefficient (Wildman–Crippen LogP) is 4.24. The summed E-state index contributed by atoms with van der Waals surface area (Å²) in [6.45, 7) is 1.63. The van der Waals surface area contributed by atoms with Crippen molar-refractivity contribution in [3.05, 3.63) is 52.5 Å². The van der Waals surface area contributed by atoms with Gasteiger partial charge in [-0.25, -0.2) is 0 Å². The number of hydrogen-bond donors (Lipinski definition) is 0. The molecule has 0 aliphatic carbocycles. The van der Waals surface area contributed by atoms with E-state index in [0.717, 1.165) is 41.2 Å². The molecule has 0 N–H and O–H groups in total. The zero-order valence-electron chi connectivity index (χ0n) is 10.8. The quantitative estimate of drug-likeness (QED) is 0.785. The van der Waals surface area contributed by atoms with E-state index in [4.69, 9.17) is 10.00 Å². The molecule has 2 aromatic rings. The summed E-state index contributed by atoms with van der Waals surface area (Å²) in [7, 11) is 0. The van der Waals surface area contributed by atoms with Crippen LogP contribution in [0.5, 0.6) is 5.75 Å². The van der Waals surface area contributed by atoms with E-state index < -0.39 is 0 Å². The van der Waals surface area contributed by atoms with Crippen molar-refractivity contribution in [1.82, 2.24) is 0 Å². The van der Waals surface area contributed by atoms with Crippen LogP contribution in [0.2, 0.25) is 0 Å². The molecule has 100 valence electrons. The van der Waals surface area contributed by atoms with Crippen molar-refractivity contribution in [2.24, 2.45) is 0 Å². The fraction of sp³-hybridized carbons (Fsp3) is 0.188. The largest absolute Gasteiger partial charge is 0.491 e. The molecule has 0 spiro atoms. The summed E-state index contributed by atoms with van der Waals surface area (Å²) in [6, 6.07) is 16.0. The lowest BCUT2D eigenvalue weighted by Crippen LogP contribution is -2.17. The summed E-state index contributed by atoms with van der Waals surface area (Å²) in [5.41, 5.74) is 2.78. The molecule has 4 heteroatoms. The van der Waals surface area contributed by atoms with Crippen LogP contribution in [0.15, 0.2) is 46.9 Å². The van der Waals surface area contributed by atoms with Crippen molar-refractivity contribution in [3.63, 3.8) is 0 Å². The number of nitriles is 1. The minimum absolute atomic E-state index is 0.646. The van der Waals surface area contributed by atoms with Crippen LogP contribution < -0.4 is 9.64 Å². The molecule has 0 amide bonds. The van der Waals surface area contributed by atoms with Gasteiger partial charge in [-0.2, -0.15) is 5.26 Å². The minimum Gasteiger partial charge on any atom is -0.491 e. The maximum Gasteiger partial charge on any atom is 0.142 e. The number of para-hydroxylation sites is 2. The maximum absolute atomic E-state index is 9.01. The van der Waals surface area contributed by atoms with E-state index in [1.807, 2.05) is 36.4 Å². The average Bonchev–Trinajstić information content (AvgIpc) is 2.69. The zero-order chi connectivity index (χ0) is 13.9. The smallest absolute Gasteiger partial charge is 0.142 e. The average molecular weight is 329 g/mol. The van der Waals surface area contributed by atoms with Crippen LogP contribution in [-0.2, 0) is 0 Å². The van der Waals surface area contributed by atoms with Crippen molar-refractivity contribution in [2.75, 3.05) is 18.1 Å². The molecule has 20 heavy (non-hydrogen) atoms. The van der Waals surface area contributed by atoms with E-state index >= 15 is 0 Å². The molecule has 0 bridgehead atoms. The highest BCUT2D eigenvalue weighted by molar-refractivity contribution is 9.10. The second-order valence-corrected chi connectivity index (χ2v) is 5.45. The third-order valence-electron chi connectivity index (χ3n) is 3.32. The van der Waals surface area contributed by atoms with E-state index in [0.29, 0.717) is 5.56 Å². The summed E-state index contributed by atoms with van der Waals surface area (Å²) < 4.78 is 6.59. The van der Waals surface area contributed by atoms with Gasteiger partial charge in [-0.3, -0.25) is 0 Å². The van der Waals surface area contributed by atoms with Gasteiger partial charge >= 0.3 is 0 Å². The van der Waals surface area contributed by atoms with Crippen LogP contribution in [0.25, 0.3) is 0 Å². The molecule has 0 saturated carbocycles. The molecule has 2 aromatic carbocycles. The summed E-state index contributed by atoms with van der Waals surface area (Å²) in [5.74, 6) is 0.908. The van der Waals surface area contributed by atoms with Crippen LogP contribution in [0, 0.1) is 11.3 Å². The Morgan fingerprint density at radius 2 is 2.05 bits per heavy atom. The summed E-state index contributed by atoms with van der Waals surface area (Å²) >= 11 is 3.45. The van der Waals surface area contributed by atoms with Gasteiger partial charge in [0.1, 0.15) is 11.8 Å². The fourth-order valence-electron chi connectivity index (χ4n) is 2.36. The number of fused-ring (bicyclic) bond motifs is 1. The molecule has 0 radical (unpaired) electrons. The van der Waals surface area contributed by atoms with Gasteiger partial charge in [-0.1, -0.05) is 12.1 Å². The van der Waals surface area contributed by atoms with Crippen LogP contribution in [-0.4, -0.2) is 13.2 Å². The number of rotatable bonds is 1. The van der Waals surface area contributed by atoms with E-state index in [2.05, 4.69) is 33.0 Å². The number of anilines is 2. The monoisotopic (exact) mass is 328 g/mol. The first-order valence-corrected chi connectivity index (χ1v) is 7.28. The SMILES string of the molecule is N#Cc1ccc(N2CCCOc3ccccc32)cc1Br. The van der Waals surface area contributed by atoms with Crippen molar-refractivity contribution < 1.29 is 4.74 Å². The van der Waals surface area contributed by atoms with Gasteiger partial charge < -0.3 is 9.64 Å². The molecule has 1 heterocycles. The Hall–Kier alpha value is -1.99. The number of halogens is 1. The first-order chi connectivity index (χ1) is 9.79. The second-order valence-electron chi connectivity index (χ2n) is 4.60. The Morgan fingerprint density at radius 1 is 1.20 bits per heavy atom. The molecule has 0 saturated heterocycles. The predicted molar refractivity (Wildman–Crippen MR) is 82.4 cm³/mol. The van der Waals surface area contributed by atoms with E-state index in [1.54, 1.807) is 0 Å². The van der Waals surface area contributed by atoms with E-state index in [1.165, 1.54) is 0 Å². The number of nitrogens with zero attached hydrogens (tertiary/aromatic N) is 2. The Kier molecular flexibility index (Phi) is 3.62. The van der Waals surface area contributed by atoms with Crippen molar-refractivity contribution in [2.45, 2.75) is 6.42 Å². The molecule has 0 aromatic heterocycles. The van der Waals surface area contributed by atoms with Crippen LogP contribution in [0.3, 0.4) is 0 Å². The van der Waals surface area contributed by atoms with E-state index in [-0.39, 0.29) is 0 Å². The number of hydrogen-bond acceptors (Lipinski definition) is 3. The fourth-order valence-corrected chi connectivity index (χ4v) is 2.81. The van der Waals surface area contributed by atoms with Gasteiger partial charge in [0.25, 0.3) is 0 Å². The van der Waals surface area contributed by atoms with Crippen molar-refractivity contribution in [3.8, 4) is 11.8 Å². The first-order valence-electron chi connectivity index (χ1n) is 6.48. The van der Waals surface area contributed by atoms with Gasteiger partial charge in [0.15, 0.2) is 0 Å². The number of benzene rings is 2. The highest BCUT2D eigenvalue weighted by atomic mass is 79.9. The van der Waals surface area contributed by atoms with E-state index in [9.17, 15) is 0 Å². The number of ether oxygens (including phenoxy) is 1. The molecular formula is C16H13BrN2O. The molecule has 3 rings (SSSR count). The lowest BCUT2D eigenvalue weighted by Gasteiger charge is -2.24. The molecule has 3 nitrogen and oxygen atoms in total.